The fourth-order valence-electron chi connectivity index (χ4n) is 1.32. The van der Waals surface area contributed by atoms with Crippen molar-refractivity contribution in [1.82, 2.24) is 0 Å². The smallest absolute Gasteiger partial charge is 0.330 e. The van der Waals surface area contributed by atoms with Crippen LogP contribution in [0.1, 0.15) is 34.6 Å². The quantitative estimate of drug-likeness (QED) is 0.368. The molecule has 0 atom stereocenters. The number of rotatable bonds is 9. The first-order valence-electron chi connectivity index (χ1n) is 7.30. The number of ether oxygens (including phenoxy) is 3. The lowest BCUT2D eigenvalue weighted by molar-refractivity contribution is -0.164. The van der Waals surface area contributed by atoms with E-state index in [0.717, 1.165) is 6.08 Å². The molecule has 0 rings (SSSR count). The minimum absolute atomic E-state index is 0.0772. The van der Waals surface area contributed by atoms with E-state index in [0.29, 0.717) is 0 Å². The highest BCUT2D eigenvalue weighted by atomic mass is 16.6. The molecule has 0 aliphatic heterocycles. The molecule has 23 heavy (non-hydrogen) atoms. The van der Waals surface area contributed by atoms with Crippen LogP contribution in [0.15, 0.2) is 24.8 Å². The summed E-state index contributed by atoms with van der Waals surface area (Å²) in [4.78, 5) is 34.4. The number of carbonyl (C=O) groups is 3. The summed E-state index contributed by atoms with van der Waals surface area (Å²) < 4.78 is 15.2. The van der Waals surface area contributed by atoms with Gasteiger partial charge in [-0.15, -0.1) is 0 Å². The molecule has 0 saturated carbocycles. The van der Waals surface area contributed by atoms with Crippen molar-refractivity contribution in [3.63, 3.8) is 0 Å². The lowest BCUT2D eigenvalue weighted by Crippen LogP contribution is -2.36. The topological polar surface area (TPSA) is 78.9 Å². The van der Waals surface area contributed by atoms with Crippen LogP contribution in [0.2, 0.25) is 0 Å². The molecule has 0 aliphatic rings. The Morgan fingerprint density at radius 3 is 1.96 bits per heavy atom. The summed E-state index contributed by atoms with van der Waals surface area (Å²) in [6.45, 7) is 12.0. The van der Waals surface area contributed by atoms with Gasteiger partial charge in [-0.2, -0.15) is 0 Å². The molecule has 0 N–H and O–H groups in total. The van der Waals surface area contributed by atoms with Gasteiger partial charge < -0.3 is 14.2 Å². The largest absolute Gasteiger partial charge is 0.464 e. The van der Waals surface area contributed by atoms with Crippen LogP contribution in [0.25, 0.3) is 0 Å². The zero-order valence-corrected chi connectivity index (χ0v) is 14.5. The summed E-state index contributed by atoms with van der Waals surface area (Å²) in [5.41, 5.74) is -1.50. The van der Waals surface area contributed by atoms with E-state index in [1.54, 1.807) is 26.8 Å². The van der Waals surface area contributed by atoms with Gasteiger partial charge in [0.15, 0.2) is 0 Å². The predicted molar refractivity (Wildman–Crippen MR) is 85.5 cm³/mol. The maximum absolute atomic E-state index is 12.1. The number of hydrogen-bond acceptors (Lipinski definition) is 6. The van der Waals surface area contributed by atoms with Gasteiger partial charge >= 0.3 is 17.9 Å². The Hall–Kier alpha value is -2.11. The molecule has 6 heteroatoms. The van der Waals surface area contributed by atoms with Crippen LogP contribution in [-0.2, 0) is 28.6 Å². The van der Waals surface area contributed by atoms with E-state index in [1.165, 1.54) is 6.08 Å². The summed E-state index contributed by atoms with van der Waals surface area (Å²) in [7, 11) is 0. The van der Waals surface area contributed by atoms with Crippen LogP contribution in [0, 0.1) is 10.8 Å². The van der Waals surface area contributed by atoms with Crippen LogP contribution in [-0.4, -0.2) is 37.7 Å². The van der Waals surface area contributed by atoms with Gasteiger partial charge in [0.2, 0.25) is 0 Å². The van der Waals surface area contributed by atoms with Gasteiger partial charge in [0.25, 0.3) is 0 Å². The van der Waals surface area contributed by atoms with Crippen molar-refractivity contribution < 1.29 is 28.6 Å². The third-order valence-electron chi connectivity index (χ3n) is 2.80. The lowest BCUT2D eigenvalue weighted by Gasteiger charge is -2.27. The number of carbonyl (C=O) groups excluding carboxylic acids is 3. The Labute approximate surface area is 137 Å². The number of esters is 3. The van der Waals surface area contributed by atoms with Crippen LogP contribution < -0.4 is 0 Å². The molecule has 0 spiro atoms. The molecule has 0 heterocycles. The molecule has 0 fully saturated rings. The summed E-state index contributed by atoms with van der Waals surface area (Å²) in [6.07, 6.45) is 3.94. The summed E-state index contributed by atoms with van der Waals surface area (Å²) >= 11 is 0. The molecule has 0 radical (unpaired) electrons. The highest BCUT2D eigenvalue weighted by Gasteiger charge is 2.33. The van der Waals surface area contributed by atoms with Gasteiger partial charge in [0, 0.05) is 17.6 Å². The molecule has 0 aromatic rings. The third kappa shape index (κ3) is 8.80. The van der Waals surface area contributed by atoms with E-state index in [9.17, 15) is 14.4 Å². The molecule has 0 saturated heterocycles. The standard InChI is InChI=1S/C17H26O6/c1-7-9-14(19)21-10-16(3,4)11-23-15(20)17(5,6)12-22-13(18)8-2/h7-9H,2,10-12H2,1,3-6H3/b9-7+. The van der Waals surface area contributed by atoms with Gasteiger partial charge in [-0.1, -0.05) is 26.5 Å². The zero-order valence-electron chi connectivity index (χ0n) is 14.5. The SMILES string of the molecule is C=CC(=O)OCC(C)(C)C(=O)OCC(C)(C)COC(=O)/C=C/C. The van der Waals surface area contributed by atoms with E-state index >= 15 is 0 Å². The fraction of sp³-hybridized carbons (Fsp3) is 0.588. The highest BCUT2D eigenvalue weighted by molar-refractivity contribution is 5.82. The molecule has 0 aromatic carbocycles. The second kappa shape index (κ2) is 9.12. The first-order chi connectivity index (χ1) is 10.5. The normalized spacial score (nSPS) is 11.9. The van der Waals surface area contributed by atoms with E-state index in [1.807, 2.05) is 13.8 Å². The Bertz CT molecular complexity index is 473. The Balaban J connectivity index is 4.40. The molecule has 0 amide bonds. The van der Waals surface area contributed by atoms with Crippen molar-refractivity contribution in [2.75, 3.05) is 19.8 Å². The first kappa shape index (κ1) is 20.9. The minimum Gasteiger partial charge on any atom is -0.464 e. The minimum atomic E-state index is -0.976. The average Bonchev–Trinajstić information content (AvgIpc) is 2.48. The van der Waals surface area contributed by atoms with E-state index in [2.05, 4.69) is 6.58 Å². The predicted octanol–water partition coefficient (Wildman–Crippen LogP) is 2.43. The van der Waals surface area contributed by atoms with Crippen LogP contribution in [0.4, 0.5) is 0 Å². The van der Waals surface area contributed by atoms with Gasteiger partial charge in [-0.25, -0.2) is 9.59 Å². The number of allylic oxidation sites excluding steroid dienone is 1. The van der Waals surface area contributed by atoms with Crippen molar-refractivity contribution in [1.29, 1.82) is 0 Å². The number of hydrogen-bond donors (Lipinski definition) is 0. The van der Waals surface area contributed by atoms with E-state index in [4.69, 9.17) is 14.2 Å². The molecular formula is C17H26O6. The second-order valence-electron chi connectivity index (χ2n) is 6.54. The molecule has 130 valence electrons. The third-order valence-corrected chi connectivity index (χ3v) is 2.80. The Kier molecular flexibility index (Phi) is 8.29. The van der Waals surface area contributed by atoms with E-state index in [-0.39, 0.29) is 19.8 Å². The average molecular weight is 326 g/mol. The molecule has 0 aromatic heterocycles. The lowest BCUT2D eigenvalue weighted by atomic mass is 9.93. The summed E-state index contributed by atoms with van der Waals surface area (Å²) in [5, 5.41) is 0. The van der Waals surface area contributed by atoms with Crippen molar-refractivity contribution in [3.05, 3.63) is 24.8 Å². The van der Waals surface area contributed by atoms with Crippen molar-refractivity contribution >= 4 is 17.9 Å². The maximum atomic E-state index is 12.1. The second-order valence-corrected chi connectivity index (χ2v) is 6.54. The van der Waals surface area contributed by atoms with Gasteiger partial charge in [-0.3, -0.25) is 4.79 Å². The molecular weight excluding hydrogens is 300 g/mol. The molecule has 0 unspecified atom stereocenters. The molecule has 6 nitrogen and oxygen atoms in total. The van der Waals surface area contributed by atoms with Crippen molar-refractivity contribution in [2.45, 2.75) is 34.6 Å². The first-order valence-corrected chi connectivity index (χ1v) is 7.30. The van der Waals surface area contributed by atoms with Gasteiger partial charge in [0.1, 0.15) is 6.61 Å². The zero-order chi connectivity index (χ0) is 18.1. The van der Waals surface area contributed by atoms with Crippen molar-refractivity contribution in [3.8, 4) is 0 Å². The Morgan fingerprint density at radius 2 is 1.43 bits per heavy atom. The van der Waals surface area contributed by atoms with Crippen LogP contribution in [0.3, 0.4) is 0 Å². The van der Waals surface area contributed by atoms with Gasteiger partial charge in [0.05, 0.1) is 18.6 Å². The fourth-order valence-corrected chi connectivity index (χ4v) is 1.32. The Morgan fingerprint density at radius 1 is 0.913 bits per heavy atom. The maximum Gasteiger partial charge on any atom is 0.330 e. The monoisotopic (exact) mass is 326 g/mol. The molecule has 0 aliphatic carbocycles. The molecule has 0 bridgehead atoms. The highest BCUT2D eigenvalue weighted by Crippen LogP contribution is 2.22. The van der Waals surface area contributed by atoms with Crippen molar-refractivity contribution in [2.24, 2.45) is 10.8 Å². The van der Waals surface area contributed by atoms with E-state index < -0.39 is 28.7 Å². The summed E-state index contributed by atoms with van der Waals surface area (Å²) in [5.74, 6) is -1.53. The van der Waals surface area contributed by atoms with Gasteiger partial charge in [-0.05, 0) is 20.8 Å². The van der Waals surface area contributed by atoms with Crippen LogP contribution in [0.5, 0.6) is 0 Å². The van der Waals surface area contributed by atoms with Crippen LogP contribution >= 0.6 is 0 Å². The summed E-state index contributed by atoms with van der Waals surface area (Å²) in [6, 6.07) is 0.